The molecule has 0 saturated heterocycles. The lowest BCUT2D eigenvalue weighted by molar-refractivity contribution is 0.0527. The van der Waals surface area contributed by atoms with Crippen molar-refractivity contribution in [3.05, 3.63) is 28.2 Å². The number of rotatable bonds is 5. The van der Waals surface area contributed by atoms with Gasteiger partial charge in [0.1, 0.15) is 11.4 Å². The van der Waals surface area contributed by atoms with Crippen molar-refractivity contribution in [3.8, 4) is 5.75 Å². The molecular formula is C15H22BrNO3. The van der Waals surface area contributed by atoms with E-state index in [1.165, 1.54) is 0 Å². The molecule has 0 heterocycles. The van der Waals surface area contributed by atoms with Crippen LogP contribution in [0.25, 0.3) is 0 Å². The summed E-state index contributed by atoms with van der Waals surface area (Å²) in [5.41, 5.74) is 0.667. The number of methoxy groups -OCH3 is 1. The molecule has 0 spiro atoms. The lowest BCUT2D eigenvalue weighted by Crippen LogP contribution is -2.33. The van der Waals surface area contributed by atoms with Gasteiger partial charge in [-0.1, -0.05) is 22.0 Å². The van der Waals surface area contributed by atoms with E-state index in [9.17, 15) is 4.79 Å². The molecule has 0 bridgehead atoms. The SMILES string of the molecule is COc1cc(Br)ccc1CCCNC(=O)OC(C)(C)C. The van der Waals surface area contributed by atoms with Gasteiger partial charge in [0, 0.05) is 11.0 Å². The van der Waals surface area contributed by atoms with Gasteiger partial charge in [-0.2, -0.15) is 0 Å². The highest BCUT2D eigenvalue weighted by Crippen LogP contribution is 2.24. The molecule has 5 heteroatoms. The number of carbonyl (C=O) groups excluding carboxylic acids is 1. The van der Waals surface area contributed by atoms with E-state index in [1.54, 1.807) is 7.11 Å². The first kappa shape index (κ1) is 16.8. The van der Waals surface area contributed by atoms with Crippen LogP contribution in [0.2, 0.25) is 0 Å². The zero-order chi connectivity index (χ0) is 15.2. The predicted octanol–water partition coefficient (Wildman–Crippen LogP) is 3.92. The van der Waals surface area contributed by atoms with Crippen molar-refractivity contribution in [1.29, 1.82) is 0 Å². The minimum Gasteiger partial charge on any atom is -0.496 e. The Labute approximate surface area is 129 Å². The molecule has 1 N–H and O–H groups in total. The van der Waals surface area contributed by atoms with Crippen LogP contribution >= 0.6 is 15.9 Å². The molecule has 0 fully saturated rings. The average molecular weight is 344 g/mol. The molecular weight excluding hydrogens is 322 g/mol. The van der Waals surface area contributed by atoms with E-state index in [1.807, 2.05) is 39.0 Å². The first-order valence-corrected chi connectivity index (χ1v) is 7.40. The number of amides is 1. The summed E-state index contributed by atoms with van der Waals surface area (Å²) in [6, 6.07) is 5.95. The summed E-state index contributed by atoms with van der Waals surface area (Å²) >= 11 is 3.41. The van der Waals surface area contributed by atoms with Gasteiger partial charge in [-0.25, -0.2) is 4.79 Å². The van der Waals surface area contributed by atoms with Crippen LogP contribution in [0.4, 0.5) is 4.79 Å². The quantitative estimate of drug-likeness (QED) is 0.824. The second kappa shape index (κ2) is 7.53. The van der Waals surface area contributed by atoms with Gasteiger partial charge in [0.2, 0.25) is 0 Å². The third kappa shape index (κ3) is 6.28. The standard InChI is InChI=1S/C15H22BrNO3/c1-15(2,3)20-14(18)17-9-5-6-11-7-8-12(16)10-13(11)19-4/h7-8,10H,5-6,9H2,1-4H3,(H,17,18). The van der Waals surface area contributed by atoms with Crippen LogP contribution < -0.4 is 10.1 Å². The molecule has 20 heavy (non-hydrogen) atoms. The highest BCUT2D eigenvalue weighted by Gasteiger charge is 2.15. The van der Waals surface area contributed by atoms with Crippen molar-refractivity contribution < 1.29 is 14.3 Å². The number of carbonyl (C=O) groups is 1. The van der Waals surface area contributed by atoms with E-state index in [4.69, 9.17) is 9.47 Å². The summed E-state index contributed by atoms with van der Waals surface area (Å²) in [6.07, 6.45) is 1.30. The predicted molar refractivity (Wildman–Crippen MR) is 83.3 cm³/mol. The summed E-state index contributed by atoms with van der Waals surface area (Å²) in [4.78, 5) is 11.5. The maximum Gasteiger partial charge on any atom is 0.407 e. The number of hydrogen-bond donors (Lipinski definition) is 1. The van der Waals surface area contributed by atoms with Crippen LogP contribution in [0.3, 0.4) is 0 Å². The maximum atomic E-state index is 11.5. The van der Waals surface area contributed by atoms with Gasteiger partial charge in [-0.15, -0.1) is 0 Å². The minimum atomic E-state index is -0.459. The van der Waals surface area contributed by atoms with Crippen LogP contribution in [0.5, 0.6) is 5.75 Å². The van der Waals surface area contributed by atoms with E-state index >= 15 is 0 Å². The van der Waals surface area contributed by atoms with Gasteiger partial charge >= 0.3 is 6.09 Å². The monoisotopic (exact) mass is 343 g/mol. The van der Waals surface area contributed by atoms with Crippen molar-refractivity contribution in [2.24, 2.45) is 0 Å². The Kier molecular flexibility index (Phi) is 6.33. The molecule has 1 rings (SSSR count). The van der Waals surface area contributed by atoms with Crippen LogP contribution in [0.1, 0.15) is 32.8 Å². The number of benzene rings is 1. The number of alkyl carbamates (subject to hydrolysis) is 1. The fourth-order valence-corrected chi connectivity index (χ4v) is 2.05. The van der Waals surface area contributed by atoms with E-state index in [2.05, 4.69) is 21.2 Å². The van der Waals surface area contributed by atoms with Crippen LogP contribution in [0, 0.1) is 0 Å². The summed E-state index contributed by atoms with van der Waals surface area (Å²) < 4.78 is 11.5. The smallest absolute Gasteiger partial charge is 0.407 e. The molecule has 0 radical (unpaired) electrons. The first-order chi connectivity index (χ1) is 9.31. The molecule has 0 aliphatic carbocycles. The second-order valence-corrected chi connectivity index (χ2v) is 6.40. The first-order valence-electron chi connectivity index (χ1n) is 6.61. The van der Waals surface area contributed by atoms with E-state index in [-0.39, 0.29) is 6.09 Å². The molecule has 0 aliphatic rings. The number of aryl methyl sites for hydroxylation is 1. The van der Waals surface area contributed by atoms with Gasteiger partial charge < -0.3 is 14.8 Å². The minimum absolute atomic E-state index is 0.375. The molecule has 0 atom stereocenters. The molecule has 1 amide bonds. The molecule has 0 aliphatic heterocycles. The van der Waals surface area contributed by atoms with Crippen LogP contribution in [-0.4, -0.2) is 25.3 Å². The number of hydrogen-bond acceptors (Lipinski definition) is 3. The molecule has 1 aromatic carbocycles. The molecule has 0 saturated carbocycles. The van der Waals surface area contributed by atoms with Crippen molar-refractivity contribution >= 4 is 22.0 Å². The lowest BCUT2D eigenvalue weighted by atomic mass is 10.1. The Hall–Kier alpha value is -1.23. The van der Waals surface area contributed by atoms with Crippen molar-refractivity contribution in [1.82, 2.24) is 5.32 Å². The fraction of sp³-hybridized carbons (Fsp3) is 0.533. The Morgan fingerprint density at radius 3 is 2.65 bits per heavy atom. The molecule has 0 aromatic heterocycles. The van der Waals surface area contributed by atoms with Crippen molar-refractivity contribution in [2.45, 2.75) is 39.2 Å². The summed E-state index contributed by atoms with van der Waals surface area (Å²) in [5, 5.41) is 2.75. The Bertz CT molecular complexity index is 455. The number of halogens is 1. The zero-order valence-electron chi connectivity index (χ0n) is 12.5. The van der Waals surface area contributed by atoms with Gasteiger partial charge in [0.05, 0.1) is 7.11 Å². The van der Waals surface area contributed by atoms with Gasteiger partial charge in [-0.3, -0.25) is 0 Å². The number of ether oxygens (including phenoxy) is 2. The Morgan fingerprint density at radius 2 is 2.05 bits per heavy atom. The van der Waals surface area contributed by atoms with E-state index in [0.717, 1.165) is 28.6 Å². The third-order valence-corrected chi connectivity index (χ3v) is 3.03. The largest absolute Gasteiger partial charge is 0.496 e. The number of nitrogens with one attached hydrogen (secondary N) is 1. The van der Waals surface area contributed by atoms with E-state index < -0.39 is 5.60 Å². The highest BCUT2D eigenvalue weighted by atomic mass is 79.9. The second-order valence-electron chi connectivity index (χ2n) is 5.49. The summed E-state index contributed by atoms with van der Waals surface area (Å²) in [7, 11) is 1.66. The van der Waals surface area contributed by atoms with Crippen molar-refractivity contribution in [2.75, 3.05) is 13.7 Å². The fourth-order valence-electron chi connectivity index (χ4n) is 1.71. The maximum absolute atomic E-state index is 11.5. The van der Waals surface area contributed by atoms with Gasteiger partial charge in [0.25, 0.3) is 0 Å². The Morgan fingerprint density at radius 1 is 1.35 bits per heavy atom. The van der Waals surface area contributed by atoms with E-state index in [0.29, 0.717) is 6.54 Å². The average Bonchev–Trinajstić information content (AvgIpc) is 2.33. The summed E-state index contributed by atoms with van der Waals surface area (Å²) in [6.45, 7) is 6.12. The van der Waals surface area contributed by atoms with Crippen molar-refractivity contribution in [3.63, 3.8) is 0 Å². The molecule has 4 nitrogen and oxygen atoms in total. The van der Waals surface area contributed by atoms with Gasteiger partial charge in [-0.05, 0) is 51.3 Å². The molecule has 1 aromatic rings. The molecule has 112 valence electrons. The van der Waals surface area contributed by atoms with Crippen LogP contribution in [0.15, 0.2) is 22.7 Å². The Balaban J connectivity index is 2.36. The van der Waals surface area contributed by atoms with Crippen LogP contribution in [-0.2, 0) is 11.2 Å². The zero-order valence-corrected chi connectivity index (χ0v) is 14.0. The van der Waals surface area contributed by atoms with Gasteiger partial charge in [0.15, 0.2) is 0 Å². The lowest BCUT2D eigenvalue weighted by Gasteiger charge is -2.19. The summed E-state index contributed by atoms with van der Waals surface area (Å²) in [5.74, 6) is 0.858. The normalized spacial score (nSPS) is 11.1. The topological polar surface area (TPSA) is 47.6 Å². The molecule has 0 unspecified atom stereocenters. The highest BCUT2D eigenvalue weighted by molar-refractivity contribution is 9.10. The third-order valence-electron chi connectivity index (χ3n) is 2.54.